The van der Waals surface area contributed by atoms with Gasteiger partial charge in [-0.25, -0.2) is 4.39 Å². The van der Waals surface area contributed by atoms with Crippen molar-refractivity contribution in [1.29, 1.82) is 0 Å². The van der Waals surface area contributed by atoms with Gasteiger partial charge >= 0.3 is 5.97 Å². The molecular weight excluding hydrogens is 249 g/mol. The number of aliphatic carboxylic acids is 1. The zero-order chi connectivity index (χ0) is 14.5. The van der Waals surface area contributed by atoms with Gasteiger partial charge in [0.2, 0.25) is 5.91 Å². The van der Waals surface area contributed by atoms with Crippen LogP contribution in [-0.2, 0) is 16.0 Å². The minimum absolute atomic E-state index is 0.00380. The van der Waals surface area contributed by atoms with Crippen molar-refractivity contribution in [3.63, 3.8) is 0 Å². The van der Waals surface area contributed by atoms with Gasteiger partial charge in [0.05, 0.1) is 6.42 Å². The minimum Gasteiger partial charge on any atom is -0.481 e. The van der Waals surface area contributed by atoms with Gasteiger partial charge in [-0.05, 0) is 38.0 Å². The summed E-state index contributed by atoms with van der Waals surface area (Å²) in [4.78, 5) is 22.3. The van der Waals surface area contributed by atoms with Crippen LogP contribution in [0.1, 0.15) is 32.3 Å². The second-order valence-corrected chi connectivity index (χ2v) is 5.13. The Morgan fingerprint density at radius 3 is 2.37 bits per heavy atom. The normalized spacial score (nSPS) is 11.1. The maximum Gasteiger partial charge on any atom is 0.303 e. The van der Waals surface area contributed by atoms with E-state index in [9.17, 15) is 14.0 Å². The van der Waals surface area contributed by atoms with E-state index in [0.717, 1.165) is 0 Å². The molecule has 0 aliphatic carbocycles. The van der Waals surface area contributed by atoms with Crippen molar-refractivity contribution in [2.45, 2.75) is 38.6 Å². The average Bonchev–Trinajstić information content (AvgIpc) is 2.29. The highest BCUT2D eigenvalue weighted by Crippen LogP contribution is 2.12. The van der Waals surface area contributed by atoms with Gasteiger partial charge in [0.1, 0.15) is 5.82 Å². The fourth-order valence-electron chi connectivity index (χ4n) is 1.69. The number of hydrogen-bond acceptors (Lipinski definition) is 2. The molecule has 0 saturated heterocycles. The fraction of sp³-hybridized carbons (Fsp3) is 0.429. The molecule has 0 aromatic heterocycles. The van der Waals surface area contributed by atoms with Gasteiger partial charge in [-0.15, -0.1) is 0 Å². The summed E-state index contributed by atoms with van der Waals surface area (Å²) in [5.74, 6) is -1.44. The maximum absolute atomic E-state index is 12.7. The standard InChI is InChI=1S/C14H18FNO3/c1-14(2,8-7-13(18)19)16-12(17)9-10-3-5-11(15)6-4-10/h3-6H,7-9H2,1-2H3,(H,16,17)(H,18,19). The van der Waals surface area contributed by atoms with Gasteiger partial charge in [-0.3, -0.25) is 9.59 Å². The van der Waals surface area contributed by atoms with Crippen LogP contribution in [0.4, 0.5) is 4.39 Å². The lowest BCUT2D eigenvalue weighted by molar-refractivity contribution is -0.137. The Labute approximate surface area is 111 Å². The van der Waals surface area contributed by atoms with E-state index in [4.69, 9.17) is 5.11 Å². The van der Waals surface area contributed by atoms with E-state index in [2.05, 4.69) is 5.32 Å². The van der Waals surface area contributed by atoms with Crippen LogP contribution < -0.4 is 5.32 Å². The van der Waals surface area contributed by atoms with E-state index < -0.39 is 11.5 Å². The van der Waals surface area contributed by atoms with Gasteiger partial charge in [0.25, 0.3) is 0 Å². The zero-order valence-electron chi connectivity index (χ0n) is 11.1. The van der Waals surface area contributed by atoms with Crippen molar-refractivity contribution in [2.75, 3.05) is 0 Å². The average molecular weight is 267 g/mol. The lowest BCUT2D eigenvalue weighted by Crippen LogP contribution is -2.44. The molecule has 19 heavy (non-hydrogen) atoms. The van der Waals surface area contributed by atoms with Crippen LogP contribution in [0, 0.1) is 5.82 Å². The molecule has 5 heteroatoms. The number of amides is 1. The topological polar surface area (TPSA) is 66.4 Å². The molecule has 0 radical (unpaired) electrons. The molecule has 0 unspecified atom stereocenters. The number of halogens is 1. The molecule has 2 N–H and O–H groups in total. The van der Waals surface area contributed by atoms with Gasteiger partial charge in [-0.1, -0.05) is 12.1 Å². The first-order valence-corrected chi connectivity index (χ1v) is 6.06. The number of benzene rings is 1. The molecule has 104 valence electrons. The monoisotopic (exact) mass is 267 g/mol. The van der Waals surface area contributed by atoms with E-state index in [0.29, 0.717) is 12.0 Å². The number of rotatable bonds is 6. The number of carboxylic acids is 1. The Hall–Kier alpha value is -1.91. The van der Waals surface area contributed by atoms with Crippen molar-refractivity contribution >= 4 is 11.9 Å². The van der Waals surface area contributed by atoms with Crippen LogP contribution >= 0.6 is 0 Å². The third-order valence-corrected chi connectivity index (χ3v) is 2.72. The van der Waals surface area contributed by atoms with Crippen molar-refractivity contribution < 1.29 is 19.1 Å². The second kappa shape index (κ2) is 6.31. The Kier molecular flexibility index (Phi) is 5.03. The van der Waals surface area contributed by atoms with E-state index in [1.54, 1.807) is 26.0 Å². The van der Waals surface area contributed by atoms with Gasteiger partial charge in [-0.2, -0.15) is 0 Å². The summed E-state index contributed by atoms with van der Waals surface area (Å²) in [5.41, 5.74) is 0.142. The number of carboxylic acid groups (broad SMARTS) is 1. The first-order chi connectivity index (χ1) is 8.78. The molecule has 0 heterocycles. The molecular formula is C14H18FNO3. The fourth-order valence-corrected chi connectivity index (χ4v) is 1.69. The van der Waals surface area contributed by atoms with Crippen molar-refractivity contribution in [3.05, 3.63) is 35.6 Å². The summed E-state index contributed by atoms with van der Waals surface area (Å²) in [6.45, 7) is 3.55. The van der Waals surface area contributed by atoms with E-state index in [1.807, 2.05) is 0 Å². The predicted octanol–water partition coefficient (Wildman–Crippen LogP) is 2.13. The molecule has 0 aliphatic heterocycles. The molecule has 0 aliphatic rings. The molecule has 0 spiro atoms. The summed E-state index contributed by atoms with van der Waals surface area (Å²) < 4.78 is 12.7. The number of carbonyl (C=O) groups is 2. The van der Waals surface area contributed by atoms with Crippen molar-refractivity contribution in [1.82, 2.24) is 5.32 Å². The minimum atomic E-state index is -0.888. The van der Waals surface area contributed by atoms with Gasteiger partial charge in [0, 0.05) is 12.0 Å². The molecule has 1 aromatic carbocycles. The van der Waals surface area contributed by atoms with E-state index >= 15 is 0 Å². The quantitative estimate of drug-likeness (QED) is 0.829. The highest BCUT2D eigenvalue weighted by Gasteiger charge is 2.21. The molecule has 1 amide bonds. The SMILES string of the molecule is CC(C)(CCC(=O)O)NC(=O)Cc1ccc(F)cc1. The van der Waals surface area contributed by atoms with Gasteiger partial charge in [0.15, 0.2) is 0 Å². The molecule has 0 saturated carbocycles. The number of hydrogen-bond donors (Lipinski definition) is 2. The highest BCUT2D eigenvalue weighted by molar-refractivity contribution is 5.79. The number of carbonyl (C=O) groups excluding carboxylic acids is 1. The van der Waals surface area contributed by atoms with Crippen LogP contribution in [0.3, 0.4) is 0 Å². The summed E-state index contributed by atoms with van der Waals surface area (Å²) >= 11 is 0. The molecule has 0 atom stereocenters. The lowest BCUT2D eigenvalue weighted by Gasteiger charge is -2.25. The van der Waals surface area contributed by atoms with Crippen molar-refractivity contribution in [2.24, 2.45) is 0 Å². The Balaban J connectivity index is 2.50. The highest BCUT2D eigenvalue weighted by atomic mass is 19.1. The summed E-state index contributed by atoms with van der Waals surface area (Å²) in [6, 6.07) is 5.72. The van der Waals surface area contributed by atoms with Crippen LogP contribution in [0.5, 0.6) is 0 Å². The Morgan fingerprint density at radius 1 is 1.26 bits per heavy atom. The Morgan fingerprint density at radius 2 is 1.84 bits per heavy atom. The molecule has 0 fully saturated rings. The third kappa shape index (κ3) is 5.99. The smallest absolute Gasteiger partial charge is 0.303 e. The molecule has 1 aromatic rings. The number of nitrogens with one attached hydrogen (secondary N) is 1. The summed E-state index contributed by atoms with van der Waals surface area (Å²) in [5, 5.41) is 11.4. The molecule has 4 nitrogen and oxygen atoms in total. The van der Waals surface area contributed by atoms with Crippen LogP contribution in [0.25, 0.3) is 0 Å². The van der Waals surface area contributed by atoms with Crippen LogP contribution in [-0.4, -0.2) is 22.5 Å². The summed E-state index contributed by atoms with van der Waals surface area (Å²) in [7, 11) is 0. The maximum atomic E-state index is 12.7. The van der Waals surface area contributed by atoms with Crippen LogP contribution in [0.2, 0.25) is 0 Å². The van der Waals surface area contributed by atoms with E-state index in [1.165, 1.54) is 12.1 Å². The van der Waals surface area contributed by atoms with Gasteiger partial charge < -0.3 is 10.4 Å². The lowest BCUT2D eigenvalue weighted by atomic mass is 9.98. The summed E-state index contributed by atoms with van der Waals surface area (Å²) in [6.07, 6.45) is 0.512. The third-order valence-electron chi connectivity index (χ3n) is 2.72. The Bertz CT molecular complexity index is 454. The van der Waals surface area contributed by atoms with E-state index in [-0.39, 0.29) is 24.6 Å². The first-order valence-electron chi connectivity index (χ1n) is 6.06. The first kappa shape index (κ1) is 15.1. The molecule has 1 rings (SSSR count). The van der Waals surface area contributed by atoms with Crippen molar-refractivity contribution in [3.8, 4) is 0 Å². The predicted molar refractivity (Wildman–Crippen MR) is 69.2 cm³/mol. The molecule has 0 bridgehead atoms. The second-order valence-electron chi connectivity index (χ2n) is 5.13. The van der Waals surface area contributed by atoms with Crippen LogP contribution in [0.15, 0.2) is 24.3 Å². The zero-order valence-corrected chi connectivity index (χ0v) is 11.1. The largest absolute Gasteiger partial charge is 0.481 e.